The van der Waals surface area contributed by atoms with Crippen molar-refractivity contribution in [3.05, 3.63) is 140 Å². The van der Waals surface area contributed by atoms with Crippen molar-refractivity contribution < 1.29 is 53.2 Å². The second-order valence-corrected chi connectivity index (χ2v) is 17.5. The van der Waals surface area contributed by atoms with Crippen molar-refractivity contribution in [2.75, 3.05) is 68.1 Å². The van der Waals surface area contributed by atoms with Crippen LogP contribution in [0.2, 0.25) is 0 Å². The molecule has 72 heavy (non-hydrogen) atoms. The van der Waals surface area contributed by atoms with E-state index in [-0.39, 0.29) is 53.9 Å². The van der Waals surface area contributed by atoms with Crippen LogP contribution < -0.4 is 15.5 Å². The fraction of sp³-hybridized carbons (Fsp3) is 0.195. The maximum Gasteiger partial charge on any atom is 0.425 e. The molecule has 3 aromatic heterocycles. The van der Waals surface area contributed by atoms with Crippen molar-refractivity contribution in [1.82, 2.24) is 13.1 Å². The lowest BCUT2D eigenvalue weighted by molar-refractivity contribution is -0.384. The maximum absolute atomic E-state index is 10.9. The first-order valence-electron chi connectivity index (χ1n) is 20.5. The average molecular weight is 1070 g/mol. The molecule has 8 aromatic rings. The highest BCUT2D eigenvalue weighted by atomic mass is 32.2. The molecule has 0 saturated carbocycles. The molecule has 0 atom stereocenters. The summed E-state index contributed by atoms with van der Waals surface area (Å²) >= 11 is 3.07. The topological polar surface area (TPSA) is 395 Å². The zero-order valence-electron chi connectivity index (χ0n) is 37.0. The van der Waals surface area contributed by atoms with E-state index < -0.39 is 25.1 Å². The van der Waals surface area contributed by atoms with Crippen LogP contribution in [-0.4, -0.2) is 115 Å². The normalized spacial score (nSPS) is 11.2. The van der Waals surface area contributed by atoms with Gasteiger partial charge in [-0.1, -0.05) is 22.5 Å². The molecule has 0 fully saturated rings. The predicted molar refractivity (Wildman–Crippen MR) is 270 cm³/mol. The SMILES string of the molecule is Nc1snc2ccc([N+](=O)[O-])cc12.O=[N+]([O-])c1ccc2nsc(N=NS(=O)(=O)OO)c2c1.O=[N+]([O-])c1ccc2nsc(N=Nc3ccc(N(CCO)CCO)cc3)c2c1.OCCN(CCO)c1ccccc1. The number of hydrogen-bond acceptors (Lipinski definition) is 26. The van der Waals surface area contributed by atoms with Gasteiger partial charge in [0.25, 0.3) is 17.1 Å². The quantitative estimate of drug-likeness (QED) is 0.0207. The van der Waals surface area contributed by atoms with Gasteiger partial charge in [-0.2, -0.15) is 21.5 Å². The Kier molecular flexibility index (Phi) is 20.7. The minimum atomic E-state index is -4.53. The number of benzene rings is 5. The Morgan fingerprint density at radius 1 is 0.556 bits per heavy atom. The molecule has 0 saturated heterocycles. The number of aliphatic hydroxyl groups is 4. The van der Waals surface area contributed by atoms with E-state index >= 15 is 0 Å². The van der Waals surface area contributed by atoms with Gasteiger partial charge < -0.3 is 36.0 Å². The number of fused-ring (bicyclic) bond motifs is 3. The monoisotopic (exact) mass is 1070 g/mol. The number of nitro groups is 3. The number of hydrogen-bond donors (Lipinski definition) is 6. The molecule has 0 bridgehead atoms. The lowest BCUT2D eigenvalue weighted by Crippen LogP contribution is -2.29. The summed E-state index contributed by atoms with van der Waals surface area (Å²) in [4.78, 5) is 34.3. The first kappa shape index (κ1) is 55.2. The lowest BCUT2D eigenvalue weighted by atomic mass is 10.2. The van der Waals surface area contributed by atoms with Crippen molar-refractivity contribution >= 4 is 127 Å². The van der Waals surface area contributed by atoms with Crippen LogP contribution in [-0.2, 0) is 14.6 Å². The fourth-order valence-corrected chi connectivity index (χ4v) is 8.31. The summed E-state index contributed by atoms with van der Waals surface area (Å²) in [6.45, 7) is 2.16. The van der Waals surface area contributed by atoms with Crippen molar-refractivity contribution in [3.63, 3.8) is 0 Å². The van der Waals surface area contributed by atoms with Crippen LogP contribution in [0, 0.1) is 30.3 Å². The number of nitrogens with two attached hydrogens (primary N) is 1. The molecule has 27 nitrogen and oxygen atoms in total. The molecule has 0 unspecified atom stereocenters. The molecule has 7 N–H and O–H groups in total. The molecular weight excluding hydrogens is 1030 g/mol. The van der Waals surface area contributed by atoms with Crippen LogP contribution >= 0.6 is 34.6 Å². The minimum Gasteiger partial charge on any atom is -0.395 e. The van der Waals surface area contributed by atoms with E-state index in [0.29, 0.717) is 69.2 Å². The van der Waals surface area contributed by atoms with Gasteiger partial charge in [0.05, 0.1) is 63.4 Å². The van der Waals surface area contributed by atoms with Gasteiger partial charge in [0.2, 0.25) is 0 Å². The van der Waals surface area contributed by atoms with Crippen LogP contribution in [0.5, 0.6) is 0 Å². The summed E-state index contributed by atoms with van der Waals surface area (Å²) in [5, 5.41) is 90.1. The van der Waals surface area contributed by atoms with Crippen LogP contribution in [0.15, 0.2) is 129 Å². The molecule has 0 aliphatic carbocycles. The van der Waals surface area contributed by atoms with Gasteiger partial charge in [0.15, 0.2) is 10.0 Å². The number of aliphatic hydroxyl groups excluding tert-OH is 4. The third kappa shape index (κ3) is 15.6. The highest BCUT2D eigenvalue weighted by Crippen LogP contribution is 2.35. The zero-order valence-corrected chi connectivity index (χ0v) is 40.3. The predicted octanol–water partition coefficient (Wildman–Crippen LogP) is 7.70. The molecule has 3 heterocycles. The molecule has 0 aliphatic rings. The van der Waals surface area contributed by atoms with Gasteiger partial charge in [-0.05, 0) is 93.7 Å². The number of non-ortho nitro benzene ring substituents is 3. The Hall–Kier alpha value is -7.72. The van der Waals surface area contributed by atoms with Gasteiger partial charge in [-0.15, -0.1) is 15.3 Å². The zero-order chi connectivity index (χ0) is 52.2. The standard InChI is InChI=1S/C17H17N5O4S.C10H15NO2.C7H4N4O6S2.C7H5N3O2S/c23-9-7-21(8-10-24)13-3-1-12(2-4-13)18-19-17-15-11-14(22(25)26)5-6-16(15)20-27-17;12-8-6-11(7-9-13)10-4-2-1-3-5-10;12-11(13)4-1-2-6-5(3-4)7(18-9-6)8-10-19(15,16)17-14;8-7-5-3-4(10(11)12)1-2-6(5)9-13-7/h1-6,11,23-24H,7-10H2;1-5,12-13H,6-9H2;1-3,14H;1-3H,8H2. The van der Waals surface area contributed by atoms with E-state index in [1.165, 1.54) is 42.5 Å². The molecule has 0 aliphatic heterocycles. The summed E-state index contributed by atoms with van der Waals surface area (Å²) in [7, 11) is -4.53. The molecule has 0 radical (unpaired) electrons. The first-order chi connectivity index (χ1) is 34.6. The van der Waals surface area contributed by atoms with Gasteiger partial charge >= 0.3 is 10.3 Å². The summed E-state index contributed by atoms with van der Waals surface area (Å²) in [5.41, 5.74) is 9.66. The Morgan fingerprint density at radius 2 is 0.958 bits per heavy atom. The van der Waals surface area contributed by atoms with Crippen molar-refractivity contribution in [3.8, 4) is 0 Å². The van der Waals surface area contributed by atoms with Crippen LogP contribution in [0.3, 0.4) is 0 Å². The first-order valence-corrected chi connectivity index (χ1v) is 24.2. The van der Waals surface area contributed by atoms with Gasteiger partial charge in [-0.25, -0.2) is 5.26 Å². The van der Waals surface area contributed by atoms with Crippen molar-refractivity contribution in [2.45, 2.75) is 0 Å². The Balaban J connectivity index is 0.000000187. The largest absolute Gasteiger partial charge is 0.425 e. The number of nitrogens with zero attached hydrogens (tertiary/aromatic N) is 12. The maximum atomic E-state index is 10.9. The second-order valence-electron chi connectivity index (χ2n) is 14.0. The summed E-state index contributed by atoms with van der Waals surface area (Å²) in [6, 6.07) is 29.7. The number of aromatic nitrogens is 3. The number of nitro benzene ring substituents is 3. The third-order valence-corrected chi connectivity index (χ3v) is 12.1. The summed E-state index contributed by atoms with van der Waals surface area (Å²) in [6.07, 6.45) is 0. The Bertz CT molecular complexity index is 3240. The molecule has 0 spiro atoms. The van der Waals surface area contributed by atoms with Crippen LogP contribution in [0.25, 0.3) is 32.7 Å². The Labute approximate surface area is 418 Å². The molecule has 8 rings (SSSR count). The van der Waals surface area contributed by atoms with E-state index in [4.69, 9.17) is 31.4 Å². The minimum absolute atomic E-state index is 0.00789. The van der Waals surface area contributed by atoms with E-state index in [1.54, 1.807) is 24.3 Å². The highest BCUT2D eigenvalue weighted by Gasteiger charge is 2.15. The molecule has 5 aromatic carbocycles. The Morgan fingerprint density at radius 3 is 1.39 bits per heavy atom. The van der Waals surface area contributed by atoms with Crippen LogP contribution in [0.1, 0.15) is 0 Å². The number of para-hydroxylation sites is 1. The highest BCUT2D eigenvalue weighted by molar-refractivity contribution is 7.85. The number of azo groups is 1. The summed E-state index contributed by atoms with van der Waals surface area (Å²) < 4.78 is 39.5. The lowest BCUT2D eigenvalue weighted by Gasteiger charge is -2.22. The molecular formula is C41H41N13O14S4. The van der Waals surface area contributed by atoms with Crippen molar-refractivity contribution in [2.24, 2.45) is 19.9 Å². The van der Waals surface area contributed by atoms with Gasteiger partial charge in [0.1, 0.15) is 5.00 Å². The van der Waals surface area contributed by atoms with E-state index in [9.17, 15) is 38.8 Å². The van der Waals surface area contributed by atoms with E-state index in [2.05, 4.69) is 37.3 Å². The van der Waals surface area contributed by atoms with E-state index in [1.807, 2.05) is 52.3 Å². The molecule has 31 heteroatoms. The van der Waals surface area contributed by atoms with Gasteiger partial charge in [0, 0.05) is 90.1 Å². The number of anilines is 3. The fourth-order valence-electron chi connectivity index (χ4n) is 6.06. The van der Waals surface area contributed by atoms with Gasteiger partial charge in [-0.3, -0.25) is 30.3 Å². The van der Waals surface area contributed by atoms with Crippen molar-refractivity contribution in [1.29, 1.82) is 0 Å². The molecule has 378 valence electrons. The number of rotatable bonds is 18. The second kappa shape index (κ2) is 27.0. The smallest absolute Gasteiger partial charge is 0.395 e. The third-order valence-electron chi connectivity index (χ3n) is 9.40. The number of nitrogen functional groups attached to an aromatic ring is 1. The van der Waals surface area contributed by atoms with Crippen LogP contribution in [0.4, 0.5) is 49.1 Å². The van der Waals surface area contributed by atoms with E-state index in [0.717, 1.165) is 46.0 Å². The summed E-state index contributed by atoms with van der Waals surface area (Å²) in [5.74, 6) is 0. The average Bonchev–Trinajstić information content (AvgIpc) is 4.11. The molecule has 0 amide bonds.